The number of carbonyl (C=O) groups excluding carboxylic acids is 2. The lowest BCUT2D eigenvalue weighted by Crippen LogP contribution is -2.47. The highest BCUT2D eigenvalue weighted by atomic mass is 32.2. The van der Waals surface area contributed by atoms with Gasteiger partial charge in [0.2, 0.25) is 5.91 Å². The molecule has 0 atom stereocenters. The maximum atomic E-state index is 13.0. The molecule has 1 saturated heterocycles. The minimum atomic E-state index is -0.575. The number of halogens is 1. The normalized spacial score (nSPS) is 23.7. The maximum Gasteiger partial charge on any atom is 0.253 e. The fourth-order valence-corrected chi connectivity index (χ4v) is 7.23. The van der Waals surface area contributed by atoms with E-state index in [9.17, 15) is 14.0 Å². The number of amides is 2. The van der Waals surface area contributed by atoms with Gasteiger partial charge in [0, 0.05) is 38.2 Å². The monoisotopic (exact) mass is 530 g/mol. The van der Waals surface area contributed by atoms with Gasteiger partial charge in [0.05, 0.1) is 6.67 Å². The van der Waals surface area contributed by atoms with E-state index in [4.69, 9.17) is 4.99 Å². The minimum Gasteiger partial charge on any atom is -0.352 e. The van der Waals surface area contributed by atoms with Gasteiger partial charge in [-0.1, -0.05) is 24.1 Å². The molecule has 6 nitrogen and oxygen atoms in total. The molecule has 2 heterocycles. The van der Waals surface area contributed by atoms with Crippen LogP contribution in [0, 0.1) is 25.7 Å². The van der Waals surface area contributed by atoms with Crippen molar-refractivity contribution in [3.8, 4) is 0 Å². The summed E-state index contributed by atoms with van der Waals surface area (Å²) >= 11 is 1.88. The van der Waals surface area contributed by atoms with Crippen LogP contribution in [0.1, 0.15) is 80.5 Å². The average molecular weight is 531 g/mol. The standard InChI is InChI=1S/C29H43FN4O2S/c1-20-17-24(19-31-22(3)35)18-21(2)26(20)10-16-37-34-14-11-29(12-15-34)28(36)32-27(33-29)25-8-6-23(7-9-25)5-4-13-30/h17-18,23,25H,4-16,19H2,1-3H3,(H,31,35)(H,32,33,36). The molecule has 1 saturated carbocycles. The molecular formula is C29H43FN4O2S. The predicted octanol–water partition coefficient (Wildman–Crippen LogP) is 5.05. The first-order valence-corrected chi connectivity index (χ1v) is 14.9. The second kappa shape index (κ2) is 12.7. The molecule has 0 radical (unpaired) electrons. The van der Waals surface area contributed by atoms with Crippen molar-refractivity contribution in [1.29, 1.82) is 0 Å². The van der Waals surface area contributed by atoms with Crippen LogP contribution in [0.2, 0.25) is 0 Å². The molecule has 37 heavy (non-hydrogen) atoms. The Labute approximate surface area is 225 Å². The van der Waals surface area contributed by atoms with E-state index in [1.165, 1.54) is 16.7 Å². The molecule has 0 bridgehead atoms. The quantitative estimate of drug-likeness (QED) is 0.415. The number of rotatable bonds is 10. The van der Waals surface area contributed by atoms with Crippen molar-refractivity contribution in [2.75, 3.05) is 25.5 Å². The van der Waals surface area contributed by atoms with Crippen LogP contribution in [0.4, 0.5) is 4.39 Å². The number of alkyl halides is 1. The summed E-state index contributed by atoms with van der Waals surface area (Å²) in [6.07, 6.45) is 8.57. The first kappa shape index (κ1) is 28.1. The van der Waals surface area contributed by atoms with E-state index in [1.807, 2.05) is 11.9 Å². The van der Waals surface area contributed by atoms with Gasteiger partial charge in [-0.3, -0.25) is 23.3 Å². The van der Waals surface area contributed by atoms with E-state index in [1.54, 1.807) is 6.92 Å². The van der Waals surface area contributed by atoms with E-state index in [2.05, 4.69) is 40.9 Å². The number of hydrogen-bond acceptors (Lipinski definition) is 5. The number of carbonyl (C=O) groups is 2. The van der Waals surface area contributed by atoms with Gasteiger partial charge in [-0.05, 0) is 99.8 Å². The van der Waals surface area contributed by atoms with Gasteiger partial charge >= 0.3 is 0 Å². The number of aliphatic imine (C=N–C) groups is 1. The molecule has 1 spiro atoms. The summed E-state index contributed by atoms with van der Waals surface area (Å²) in [5.41, 5.74) is 4.51. The molecule has 1 aromatic carbocycles. The van der Waals surface area contributed by atoms with E-state index < -0.39 is 5.54 Å². The third kappa shape index (κ3) is 7.14. The Morgan fingerprint density at radius 3 is 2.49 bits per heavy atom. The molecule has 0 unspecified atom stereocenters. The molecule has 1 aromatic rings. The van der Waals surface area contributed by atoms with Crippen LogP contribution in [0.25, 0.3) is 0 Å². The highest BCUT2D eigenvalue weighted by Crippen LogP contribution is 2.37. The summed E-state index contributed by atoms with van der Waals surface area (Å²) < 4.78 is 14.9. The molecular weight excluding hydrogens is 487 g/mol. The second-order valence-corrected chi connectivity index (χ2v) is 12.3. The van der Waals surface area contributed by atoms with Gasteiger partial charge in [0.25, 0.3) is 5.91 Å². The number of nitrogens with zero attached hydrogens (tertiary/aromatic N) is 2. The number of nitrogens with one attached hydrogen (secondary N) is 2. The largest absolute Gasteiger partial charge is 0.352 e. The van der Waals surface area contributed by atoms with Crippen LogP contribution in [0.3, 0.4) is 0 Å². The molecule has 2 amide bonds. The average Bonchev–Trinajstić information content (AvgIpc) is 3.20. The molecule has 2 fully saturated rings. The Morgan fingerprint density at radius 1 is 1.19 bits per heavy atom. The lowest BCUT2D eigenvalue weighted by atomic mass is 9.79. The molecule has 0 aromatic heterocycles. The Bertz CT molecular complexity index is 975. The summed E-state index contributed by atoms with van der Waals surface area (Å²) in [5, 5.41) is 6.03. The van der Waals surface area contributed by atoms with Gasteiger partial charge in [0.15, 0.2) is 0 Å². The molecule has 8 heteroatoms. The van der Waals surface area contributed by atoms with E-state index in [0.29, 0.717) is 24.8 Å². The summed E-state index contributed by atoms with van der Waals surface area (Å²) in [7, 11) is 0. The van der Waals surface area contributed by atoms with Crippen molar-refractivity contribution >= 4 is 29.6 Å². The zero-order valence-corrected chi connectivity index (χ0v) is 23.5. The van der Waals surface area contributed by atoms with Gasteiger partial charge in [-0.15, -0.1) is 0 Å². The number of benzene rings is 1. The van der Waals surface area contributed by atoms with Crippen LogP contribution in [-0.4, -0.2) is 53.0 Å². The van der Waals surface area contributed by atoms with Crippen molar-refractivity contribution in [3.05, 3.63) is 34.4 Å². The van der Waals surface area contributed by atoms with Crippen molar-refractivity contribution in [2.45, 2.75) is 90.6 Å². The summed E-state index contributed by atoms with van der Waals surface area (Å²) in [5.74, 6) is 3.00. The smallest absolute Gasteiger partial charge is 0.253 e. The lowest BCUT2D eigenvalue weighted by Gasteiger charge is -2.34. The van der Waals surface area contributed by atoms with E-state index in [0.717, 1.165) is 81.6 Å². The number of hydrogen-bond donors (Lipinski definition) is 2. The van der Waals surface area contributed by atoms with E-state index in [-0.39, 0.29) is 18.5 Å². The van der Waals surface area contributed by atoms with Gasteiger partial charge in [-0.2, -0.15) is 0 Å². The maximum absolute atomic E-state index is 13.0. The van der Waals surface area contributed by atoms with Gasteiger partial charge < -0.3 is 10.6 Å². The summed E-state index contributed by atoms with van der Waals surface area (Å²) in [6, 6.07) is 4.36. The van der Waals surface area contributed by atoms with Crippen molar-refractivity contribution < 1.29 is 14.0 Å². The summed E-state index contributed by atoms with van der Waals surface area (Å²) in [4.78, 5) is 29.2. The van der Waals surface area contributed by atoms with Crippen LogP contribution in [0.15, 0.2) is 17.1 Å². The third-order valence-electron chi connectivity index (χ3n) is 8.45. The number of amidine groups is 1. The number of aryl methyl sites for hydroxylation is 2. The van der Waals surface area contributed by atoms with Gasteiger partial charge in [0.1, 0.15) is 11.4 Å². The highest BCUT2D eigenvalue weighted by molar-refractivity contribution is 7.97. The SMILES string of the molecule is CC(=O)NCc1cc(C)c(CCSN2CCC3(CC2)N=C(C2CCC(CCCF)CC2)NC3=O)c(C)c1. The highest BCUT2D eigenvalue weighted by Gasteiger charge is 2.47. The predicted molar refractivity (Wildman–Crippen MR) is 149 cm³/mol. The van der Waals surface area contributed by atoms with Crippen LogP contribution in [0.5, 0.6) is 0 Å². The van der Waals surface area contributed by atoms with Crippen LogP contribution < -0.4 is 10.6 Å². The fourth-order valence-electron chi connectivity index (χ4n) is 6.23. The molecule has 4 rings (SSSR count). The Morgan fingerprint density at radius 2 is 1.86 bits per heavy atom. The number of piperidine rings is 1. The molecule has 1 aliphatic carbocycles. The first-order chi connectivity index (χ1) is 17.8. The zero-order valence-electron chi connectivity index (χ0n) is 22.7. The topological polar surface area (TPSA) is 73.8 Å². The summed E-state index contributed by atoms with van der Waals surface area (Å²) in [6.45, 7) is 7.95. The van der Waals surface area contributed by atoms with Crippen LogP contribution >= 0.6 is 11.9 Å². The molecule has 2 aliphatic heterocycles. The van der Waals surface area contributed by atoms with Gasteiger partial charge in [-0.25, -0.2) is 0 Å². The Balaban J connectivity index is 1.24. The fraction of sp³-hybridized carbons (Fsp3) is 0.690. The third-order valence-corrected chi connectivity index (χ3v) is 9.57. The van der Waals surface area contributed by atoms with Crippen molar-refractivity contribution in [2.24, 2.45) is 16.8 Å². The van der Waals surface area contributed by atoms with E-state index >= 15 is 0 Å². The van der Waals surface area contributed by atoms with Crippen molar-refractivity contribution in [3.63, 3.8) is 0 Å². The zero-order chi connectivity index (χ0) is 26.4. The molecule has 204 valence electrons. The van der Waals surface area contributed by atoms with Crippen molar-refractivity contribution in [1.82, 2.24) is 14.9 Å². The minimum absolute atomic E-state index is 0.00947. The van der Waals surface area contributed by atoms with Crippen LogP contribution in [-0.2, 0) is 22.6 Å². The molecule has 3 aliphatic rings. The lowest BCUT2D eigenvalue weighted by molar-refractivity contribution is -0.125. The molecule has 2 N–H and O–H groups in total. The Kier molecular flexibility index (Phi) is 9.67. The Hall–Kier alpha value is -1.93. The first-order valence-electron chi connectivity index (χ1n) is 14.0. The second-order valence-electron chi connectivity index (χ2n) is 11.2.